The third kappa shape index (κ3) is 5.05. The number of thiophene rings is 1. The lowest BCUT2D eigenvalue weighted by Crippen LogP contribution is -2.26. The van der Waals surface area contributed by atoms with E-state index < -0.39 is 0 Å². The molecule has 0 saturated heterocycles. The van der Waals surface area contributed by atoms with E-state index in [0.29, 0.717) is 44.4 Å². The molecular weight excluding hydrogens is 522 g/mol. The molecule has 3 heterocycles. The minimum absolute atomic E-state index is 0.157. The van der Waals surface area contributed by atoms with Crippen LogP contribution >= 0.6 is 39.0 Å². The normalized spacial score (nSPS) is 15.8. The van der Waals surface area contributed by atoms with Crippen molar-refractivity contribution in [2.24, 2.45) is 11.3 Å². The van der Waals surface area contributed by atoms with Crippen molar-refractivity contribution in [3.63, 3.8) is 0 Å². The van der Waals surface area contributed by atoms with Crippen LogP contribution in [0, 0.1) is 22.7 Å². The summed E-state index contributed by atoms with van der Waals surface area (Å²) in [6, 6.07) is 5.96. The van der Waals surface area contributed by atoms with Gasteiger partial charge >= 0.3 is 0 Å². The first-order valence-corrected chi connectivity index (χ1v) is 13.5. The SMILES string of the molecule is CCn1c(SCC(=O)Nc2sc3c(c2C#N)CCC(C(C)(C)C)C3)nnc1-c1ccc(Br)o1. The standard InChI is InChI=1S/C23H26BrN5O2S2/c1-5-29-20(16-8-9-18(24)31-16)27-28-22(29)32-12-19(30)26-21-15(11-25)14-7-6-13(23(2,3)4)10-17(14)33-21/h8-9,13H,5-7,10,12H2,1-4H3,(H,26,30). The molecule has 1 amide bonds. The molecule has 0 radical (unpaired) electrons. The van der Waals surface area contributed by atoms with Gasteiger partial charge in [-0.05, 0) is 71.1 Å². The molecule has 0 saturated carbocycles. The van der Waals surface area contributed by atoms with E-state index in [0.717, 1.165) is 24.8 Å². The summed E-state index contributed by atoms with van der Waals surface area (Å²) in [5, 5.41) is 22.5. The van der Waals surface area contributed by atoms with Gasteiger partial charge in [-0.25, -0.2) is 0 Å². The molecule has 3 aromatic heterocycles. The highest BCUT2D eigenvalue weighted by Gasteiger charge is 2.32. The molecule has 10 heteroatoms. The van der Waals surface area contributed by atoms with Crippen LogP contribution < -0.4 is 5.32 Å². The van der Waals surface area contributed by atoms with Crippen LogP contribution in [0.15, 0.2) is 26.4 Å². The largest absolute Gasteiger partial charge is 0.446 e. The highest BCUT2D eigenvalue weighted by Crippen LogP contribution is 2.44. The zero-order valence-electron chi connectivity index (χ0n) is 19.1. The van der Waals surface area contributed by atoms with Crippen LogP contribution in [0.3, 0.4) is 0 Å². The number of carbonyl (C=O) groups excluding carboxylic acids is 1. The average Bonchev–Trinajstić information content (AvgIpc) is 3.46. The van der Waals surface area contributed by atoms with Crippen LogP contribution in [0.25, 0.3) is 11.6 Å². The Bertz CT molecular complexity index is 1210. The molecule has 3 aromatic rings. The van der Waals surface area contributed by atoms with Crippen molar-refractivity contribution in [1.29, 1.82) is 5.26 Å². The van der Waals surface area contributed by atoms with Crippen LogP contribution in [0.5, 0.6) is 0 Å². The summed E-state index contributed by atoms with van der Waals surface area (Å²) >= 11 is 6.18. The highest BCUT2D eigenvalue weighted by molar-refractivity contribution is 9.10. The second kappa shape index (κ2) is 9.65. The maximum atomic E-state index is 12.8. The van der Waals surface area contributed by atoms with Gasteiger partial charge < -0.3 is 9.73 Å². The number of fused-ring (bicyclic) bond motifs is 1. The van der Waals surface area contributed by atoms with E-state index >= 15 is 0 Å². The smallest absolute Gasteiger partial charge is 0.235 e. The first-order chi connectivity index (χ1) is 15.7. The molecule has 0 bridgehead atoms. The van der Waals surface area contributed by atoms with Gasteiger partial charge in [0, 0.05) is 11.4 Å². The molecule has 0 aliphatic heterocycles. The third-order valence-corrected chi connectivity index (χ3v) is 8.58. The summed E-state index contributed by atoms with van der Waals surface area (Å²) in [7, 11) is 0. The summed E-state index contributed by atoms with van der Waals surface area (Å²) in [6.07, 6.45) is 2.94. The minimum Gasteiger partial charge on any atom is -0.446 e. The number of hydrogen-bond donors (Lipinski definition) is 1. The summed E-state index contributed by atoms with van der Waals surface area (Å²) in [6.45, 7) is 9.45. The zero-order chi connectivity index (χ0) is 23.8. The molecule has 4 rings (SSSR count). The van der Waals surface area contributed by atoms with Gasteiger partial charge in [-0.2, -0.15) is 5.26 Å². The second-order valence-electron chi connectivity index (χ2n) is 9.12. The lowest BCUT2D eigenvalue weighted by molar-refractivity contribution is -0.113. The molecule has 1 N–H and O–H groups in total. The van der Waals surface area contributed by atoms with Gasteiger partial charge in [0.05, 0.1) is 11.3 Å². The van der Waals surface area contributed by atoms with Gasteiger partial charge in [0.25, 0.3) is 0 Å². The van der Waals surface area contributed by atoms with Crippen LogP contribution in [0.1, 0.15) is 50.1 Å². The van der Waals surface area contributed by atoms with E-state index in [1.807, 2.05) is 17.6 Å². The van der Waals surface area contributed by atoms with Crippen LogP contribution in [0.2, 0.25) is 0 Å². The fraction of sp³-hybridized carbons (Fsp3) is 0.478. The molecule has 174 valence electrons. The van der Waals surface area contributed by atoms with Gasteiger partial charge in [0.2, 0.25) is 11.7 Å². The Morgan fingerprint density at radius 2 is 2.21 bits per heavy atom. The Labute approximate surface area is 210 Å². The molecule has 33 heavy (non-hydrogen) atoms. The topological polar surface area (TPSA) is 96.7 Å². The lowest BCUT2D eigenvalue weighted by Gasteiger charge is -2.33. The molecule has 1 unspecified atom stereocenters. The Morgan fingerprint density at radius 3 is 2.85 bits per heavy atom. The monoisotopic (exact) mass is 547 g/mol. The number of aromatic nitrogens is 3. The van der Waals surface area contributed by atoms with Crippen molar-refractivity contribution < 1.29 is 9.21 Å². The fourth-order valence-electron chi connectivity index (χ4n) is 4.12. The first kappa shape index (κ1) is 24.0. The van der Waals surface area contributed by atoms with Crippen LogP contribution in [0.4, 0.5) is 5.00 Å². The lowest BCUT2D eigenvalue weighted by atomic mass is 9.72. The first-order valence-electron chi connectivity index (χ1n) is 10.9. The number of thioether (sulfide) groups is 1. The Balaban J connectivity index is 1.45. The predicted octanol–water partition coefficient (Wildman–Crippen LogP) is 6.14. The van der Waals surface area contributed by atoms with Crippen molar-refractivity contribution in [2.75, 3.05) is 11.1 Å². The molecule has 0 fully saturated rings. The number of nitriles is 1. The number of anilines is 1. The van der Waals surface area contributed by atoms with Crippen LogP contribution in [-0.4, -0.2) is 26.4 Å². The fourth-order valence-corrected chi connectivity index (χ4v) is 6.52. The number of hydrogen-bond acceptors (Lipinski definition) is 7. The number of carbonyl (C=O) groups is 1. The number of amides is 1. The Morgan fingerprint density at radius 1 is 1.42 bits per heavy atom. The molecule has 7 nitrogen and oxygen atoms in total. The minimum atomic E-state index is -0.157. The van der Waals surface area contributed by atoms with Gasteiger partial charge in [-0.1, -0.05) is 32.5 Å². The number of nitrogens with zero attached hydrogens (tertiary/aromatic N) is 4. The van der Waals surface area contributed by atoms with Gasteiger partial charge in [-0.3, -0.25) is 9.36 Å². The van der Waals surface area contributed by atoms with Crippen LogP contribution in [-0.2, 0) is 24.2 Å². The summed E-state index contributed by atoms with van der Waals surface area (Å²) in [5.41, 5.74) is 1.97. The molecule has 1 aliphatic carbocycles. The van der Waals surface area contributed by atoms with Gasteiger partial charge in [0.15, 0.2) is 15.6 Å². The van der Waals surface area contributed by atoms with E-state index in [1.165, 1.54) is 16.6 Å². The molecule has 0 spiro atoms. The van der Waals surface area contributed by atoms with Crippen molar-refractivity contribution in [3.8, 4) is 17.7 Å². The molecule has 1 atom stereocenters. The second-order valence-corrected chi connectivity index (χ2v) is 11.9. The van der Waals surface area contributed by atoms with E-state index in [1.54, 1.807) is 17.4 Å². The summed E-state index contributed by atoms with van der Waals surface area (Å²) < 4.78 is 8.14. The van der Waals surface area contributed by atoms with E-state index in [4.69, 9.17) is 4.42 Å². The number of halogens is 1. The van der Waals surface area contributed by atoms with Crippen molar-refractivity contribution in [2.45, 2.75) is 58.7 Å². The highest BCUT2D eigenvalue weighted by atomic mass is 79.9. The summed E-state index contributed by atoms with van der Waals surface area (Å²) in [4.78, 5) is 14.0. The van der Waals surface area contributed by atoms with Crippen molar-refractivity contribution in [3.05, 3.63) is 32.8 Å². The molecule has 0 aromatic carbocycles. The van der Waals surface area contributed by atoms with Crippen molar-refractivity contribution in [1.82, 2.24) is 14.8 Å². The molecular formula is C23H26BrN5O2S2. The number of nitrogens with one attached hydrogen (secondary N) is 1. The van der Waals surface area contributed by atoms with Gasteiger partial charge in [0.1, 0.15) is 11.1 Å². The third-order valence-electron chi connectivity index (χ3n) is 6.01. The van der Waals surface area contributed by atoms with E-state index in [9.17, 15) is 10.1 Å². The average molecular weight is 549 g/mol. The van der Waals surface area contributed by atoms with Gasteiger partial charge in [-0.15, -0.1) is 21.5 Å². The number of furan rings is 1. The Kier molecular flexibility index (Phi) is 7.03. The molecule has 1 aliphatic rings. The zero-order valence-corrected chi connectivity index (χ0v) is 22.3. The predicted molar refractivity (Wildman–Crippen MR) is 134 cm³/mol. The van der Waals surface area contributed by atoms with E-state index in [-0.39, 0.29) is 17.1 Å². The summed E-state index contributed by atoms with van der Waals surface area (Å²) in [5.74, 6) is 1.84. The maximum absolute atomic E-state index is 12.8. The Hall–Kier alpha value is -2.09. The van der Waals surface area contributed by atoms with Crippen molar-refractivity contribution >= 4 is 49.9 Å². The maximum Gasteiger partial charge on any atom is 0.235 e. The van der Waals surface area contributed by atoms with E-state index in [2.05, 4.69) is 58.3 Å². The quantitative estimate of drug-likeness (QED) is 0.372. The number of rotatable bonds is 6.